The van der Waals surface area contributed by atoms with Crippen LogP contribution < -0.4 is 5.32 Å². The van der Waals surface area contributed by atoms with Gasteiger partial charge in [-0.2, -0.15) is 5.10 Å². The lowest BCUT2D eigenvalue weighted by molar-refractivity contribution is 0.102. The Hall–Kier alpha value is -2.82. The van der Waals surface area contributed by atoms with Gasteiger partial charge in [0.25, 0.3) is 5.91 Å². The van der Waals surface area contributed by atoms with E-state index in [0.717, 1.165) is 11.1 Å². The zero-order chi connectivity index (χ0) is 15.0. The van der Waals surface area contributed by atoms with Gasteiger partial charge in [-0.1, -0.05) is 24.3 Å². The average Bonchev–Trinajstić information content (AvgIpc) is 2.79. The second kappa shape index (κ2) is 4.94. The number of carbonyl (C=O) groups excluding carboxylic acids is 1. The van der Waals surface area contributed by atoms with Gasteiger partial charge in [0, 0.05) is 22.2 Å². The molecule has 3 aromatic rings. The molecule has 0 unspecified atom stereocenters. The minimum absolute atomic E-state index is 0.194. The number of fused-ring (bicyclic) bond motifs is 1. The molecule has 1 heterocycles. The number of aryl methyl sites for hydroxylation is 2. The lowest BCUT2D eigenvalue weighted by Gasteiger charge is -2.09. The number of anilines is 1. The molecule has 1 amide bonds. The Morgan fingerprint density at radius 3 is 2.57 bits per heavy atom. The van der Waals surface area contributed by atoms with E-state index in [4.69, 9.17) is 0 Å². The second-order valence-electron chi connectivity index (χ2n) is 4.94. The molecule has 3 N–H and O–H groups in total. The lowest BCUT2D eigenvalue weighted by Crippen LogP contribution is -2.13. The Kier molecular flexibility index (Phi) is 3.10. The largest absolute Gasteiger partial charge is 0.507 e. The first-order valence-electron chi connectivity index (χ1n) is 6.61. The maximum Gasteiger partial charge on any atom is 0.259 e. The van der Waals surface area contributed by atoms with Crippen molar-refractivity contribution in [1.29, 1.82) is 0 Å². The molecule has 2 aromatic carbocycles. The number of H-pyrrole nitrogens is 1. The molecule has 5 heteroatoms. The summed E-state index contributed by atoms with van der Waals surface area (Å²) in [4.78, 5) is 12.4. The molecule has 0 atom stereocenters. The Morgan fingerprint density at radius 2 is 1.86 bits per heavy atom. The number of nitrogens with zero attached hydrogens (tertiary/aromatic N) is 1. The maximum atomic E-state index is 12.4. The minimum atomic E-state index is -0.213. The Labute approximate surface area is 121 Å². The molecule has 0 saturated carbocycles. The first-order valence-corrected chi connectivity index (χ1v) is 6.61. The van der Waals surface area contributed by atoms with E-state index < -0.39 is 0 Å². The summed E-state index contributed by atoms with van der Waals surface area (Å²) < 4.78 is 0. The second-order valence-corrected chi connectivity index (χ2v) is 4.94. The highest BCUT2D eigenvalue weighted by Gasteiger charge is 2.16. The zero-order valence-electron chi connectivity index (χ0n) is 11.8. The normalized spacial score (nSPS) is 10.8. The zero-order valence-corrected chi connectivity index (χ0v) is 11.8. The predicted octanol–water partition coefficient (Wildman–Crippen LogP) is 3.14. The SMILES string of the molecule is Cc1n[nH]c(C)c1C(=O)Nc1cccc2c(O)cccc12. The summed E-state index contributed by atoms with van der Waals surface area (Å²) in [5.74, 6) is -0.0196. The van der Waals surface area contributed by atoms with Crippen molar-refractivity contribution in [2.24, 2.45) is 0 Å². The van der Waals surface area contributed by atoms with E-state index in [1.54, 1.807) is 25.1 Å². The van der Waals surface area contributed by atoms with Crippen LogP contribution in [0.3, 0.4) is 0 Å². The van der Waals surface area contributed by atoms with Gasteiger partial charge < -0.3 is 10.4 Å². The van der Waals surface area contributed by atoms with Crippen molar-refractivity contribution in [1.82, 2.24) is 10.2 Å². The molecule has 106 valence electrons. The van der Waals surface area contributed by atoms with E-state index in [2.05, 4.69) is 15.5 Å². The van der Waals surface area contributed by atoms with Crippen LogP contribution in [0.4, 0.5) is 5.69 Å². The summed E-state index contributed by atoms with van der Waals surface area (Å²) in [5.41, 5.74) is 2.60. The molecule has 0 aliphatic rings. The summed E-state index contributed by atoms with van der Waals surface area (Å²) in [7, 11) is 0. The van der Waals surface area contributed by atoms with Gasteiger partial charge in [0.2, 0.25) is 0 Å². The first-order chi connectivity index (χ1) is 10.1. The van der Waals surface area contributed by atoms with Crippen LogP contribution in [-0.4, -0.2) is 21.2 Å². The van der Waals surface area contributed by atoms with Gasteiger partial charge >= 0.3 is 0 Å². The molecule has 0 bridgehead atoms. The summed E-state index contributed by atoms with van der Waals surface area (Å²) in [6, 6.07) is 10.7. The number of benzene rings is 2. The highest BCUT2D eigenvalue weighted by Crippen LogP contribution is 2.30. The number of phenols is 1. The van der Waals surface area contributed by atoms with Crippen LogP contribution in [0.25, 0.3) is 10.8 Å². The number of aromatic nitrogens is 2. The number of aromatic hydroxyl groups is 1. The fourth-order valence-corrected chi connectivity index (χ4v) is 2.47. The van der Waals surface area contributed by atoms with Crippen LogP contribution in [0, 0.1) is 13.8 Å². The van der Waals surface area contributed by atoms with Crippen molar-refractivity contribution < 1.29 is 9.90 Å². The van der Waals surface area contributed by atoms with Crippen LogP contribution >= 0.6 is 0 Å². The molecule has 21 heavy (non-hydrogen) atoms. The quantitative estimate of drug-likeness (QED) is 0.675. The number of phenolic OH excluding ortho intramolecular Hbond substituents is 1. The fourth-order valence-electron chi connectivity index (χ4n) is 2.47. The molecule has 0 aliphatic heterocycles. The predicted molar refractivity (Wildman–Crippen MR) is 81.6 cm³/mol. The highest BCUT2D eigenvalue weighted by molar-refractivity contribution is 6.10. The summed E-state index contributed by atoms with van der Waals surface area (Å²) in [6.07, 6.45) is 0. The monoisotopic (exact) mass is 281 g/mol. The third kappa shape index (κ3) is 2.23. The third-order valence-electron chi connectivity index (χ3n) is 3.50. The number of aromatic amines is 1. The van der Waals surface area contributed by atoms with Crippen LogP contribution in [0.1, 0.15) is 21.7 Å². The smallest absolute Gasteiger partial charge is 0.259 e. The molecular weight excluding hydrogens is 266 g/mol. The molecule has 5 nitrogen and oxygen atoms in total. The minimum Gasteiger partial charge on any atom is -0.507 e. The van der Waals surface area contributed by atoms with Gasteiger partial charge in [0.15, 0.2) is 0 Å². The number of hydrogen-bond donors (Lipinski definition) is 3. The van der Waals surface area contributed by atoms with E-state index in [-0.39, 0.29) is 11.7 Å². The van der Waals surface area contributed by atoms with E-state index in [0.29, 0.717) is 22.3 Å². The number of nitrogens with one attached hydrogen (secondary N) is 2. The number of amides is 1. The Morgan fingerprint density at radius 1 is 1.14 bits per heavy atom. The van der Waals surface area contributed by atoms with Crippen molar-refractivity contribution >= 4 is 22.4 Å². The molecule has 0 aliphatic carbocycles. The molecule has 1 aromatic heterocycles. The molecule has 0 radical (unpaired) electrons. The first kappa shape index (κ1) is 13.2. The molecule has 3 rings (SSSR count). The van der Waals surface area contributed by atoms with E-state index in [1.807, 2.05) is 25.1 Å². The maximum absolute atomic E-state index is 12.4. The van der Waals surface area contributed by atoms with Gasteiger partial charge in [-0.15, -0.1) is 0 Å². The van der Waals surface area contributed by atoms with Crippen LogP contribution in [0.2, 0.25) is 0 Å². The highest BCUT2D eigenvalue weighted by atomic mass is 16.3. The summed E-state index contributed by atoms with van der Waals surface area (Å²) in [6.45, 7) is 3.59. The van der Waals surface area contributed by atoms with Gasteiger partial charge in [-0.05, 0) is 26.0 Å². The number of rotatable bonds is 2. The molecule has 0 fully saturated rings. The lowest BCUT2D eigenvalue weighted by atomic mass is 10.1. The van der Waals surface area contributed by atoms with Gasteiger partial charge in [0.1, 0.15) is 5.75 Å². The summed E-state index contributed by atoms with van der Waals surface area (Å²) in [5, 5.41) is 21.1. The topological polar surface area (TPSA) is 78.0 Å². The van der Waals surface area contributed by atoms with Crippen molar-refractivity contribution in [3.63, 3.8) is 0 Å². The van der Waals surface area contributed by atoms with E-state index in [9.17, 15) is 9.90 Å². The van der Waals surface area contributed by atoms with Gasteiger partial charge in [0.05, 0.1) is 11.3 Å². The standard InChI is InChI=1S/C16H15N3O2/c1-9-15(10(2)19-18-9)16(21)17-13-7-3-6-12-11(13)5-4-8-14(12)20/h3-8,20H,1-2H3,(H,17,21)(H,18,19). The average molecular weight is 281 g/mol. The molecular formula is C16H15N3O2. The van der Waals surface area contributed by atoms with Crippen LogP contribution in [0.15, 0.2) is 36.4 Å². The Bertz CT molecular complexity index is 817. The van der Waals surface area contributed by atoms with Crippen LogP contribution in [0.5, 0.6) is 5.75 Å². The number of carbonyl (C=O) groups is 1. The molecule has 0 saturated heterocycles. The third-order valence-corrected chi connectivity index (χ3v) is 3.50. The van der Waals surface area contributed by atoms with Gasteiger partial charge in [-0.3, -0.25) is 9.89 Å². The van der Waals surface area contributed by atoms with Crippen molar-refractivity contribution in [3.05, 3.63) is 53.3 Å². The number of hydrogen-bond acceptors (Lipinski definition) is 3. The van der Waals surface area contributed by atoms with Crippen LogP contribution in [-0.2, 0) is 0 Å². The van der Waals surface area contributed by atoms with Crippen molar-refractivity contribution in [2.75, 3.05) is 5.32 Å². The summed E-state index contributed by atoms with van der Waals surface area (Å²) >= 11 is 0. The van der Waals surface area contributed by atoms with Gasteiger partial charge in [-0.25, -0.2) is 0 Å². The van der Waals surface area contributed by atoms with E-state index >= 15 is 0 Å². The fraction of sp³-hybridized carbons (Fsp3) is 0.125. The van der Waals surface area contributed by atoms with Crippen molar-refractivity contribution in [3.8, 4) is 5.75 Å². The Balaban J connectivity index is 2.03. The molecule has 0 spiro atoms. The van der Waals surface area contributed by atoms with E-state index in [1.165, 1.54) is 0 Å². The van der Waals surface area contributed by atoms with Crippen molar-refractivity contribution in [2.45, 2.75) is 13.8 Å².